The lowest BCUT2D eigenvalue weighted by Crippen LogP contribution is -2.66. The SMILES string of the molecule is CCC1(O)CN(C(=O)C(C)(CC)OC)C1. The highest BCUT2D eigenvalue weighted by Crippen LogP contribution is 2.28. The van der Waals surface area contributed by atoms with E-state index in [1.54, 1.807) is 18.9 Å². The molecule has 1 atom stereocenters. The molecule has 1 aliphatic heterocycles. The highest BCUT2D eigenvalue weighted by atomic mass is 16.5. The van der Waals surface area contributed by atoms with Gasteiger partial charge in [-0.2, -0.15) is 0 Å². The molecule has 1 saturated heterocycles. The predicted molar refractivity (Wildman–Crippen MR) is 57.5 cm³/mol. The zero-order valence-corrected chi connectivity index (χ0v) is 10.0. The first-order valence-corrected chi connectivity index (χ1v) is 5.47. The van der Waals surface area contributed by atoms with Gasteiger partial charge in [-0.1, -0.05) is 13.8 Å². The highest BCUT2D eigenvalue weighted by molar-refractivity contribution is 5.85. The summed E-state index contributed by atoms with van der Waals surface area (Å²) in [5.74, 6) is -0.0226. The van der Waals surface area contributed by atoms with Crippen molar-refractivity contribution in [3.05, 3.63) is 0 Å². The summed E-state index contributed by atoms with van der Waals surface area (Å²) in [6.45, 7) is 6.51. The number of nitrogens with zero attached hydrogens (tertiary/aromatic N) is 1. The molecule has 88 valence electrons. The number of likely N-dealkylation sites (tertiary alicyclic amines) is 1. The number of amides is 1. The van der Waals surface area contributed by atoms with Gasteiger partial charge in [-0.15, -0.1) is 0 Å². The lowest BCUT2D eigenvalue weighted by molar-refractivity contribution is -0.175. The fraction of sp³-hybridized carbons (Fsp3) is 0.909. The summed E-state index contributed by atoms with van der Waals surface area (Å²) in [6.07, 6.45) is 1.33. The van der Waals surface area contributed by atoms with Crippen LogP contribution in [-0.2, 0) is 9.53 Å². The largest absolute Gasteiger partial charge is 0.386 e. The van der Waals surface area contributed by atoms with Crippen LogP contribution in [0.2, 0.25) is 0 Å². The number of hydrogen-bond acceptors (Lipinski definition) is 3. The predicted octanol–water partition coefficient (Wildman–Crippen LogP) is 0.785. The highest BCUT2D eigenvalue weighted by Gasteiger charge is 2.47. The van der Waals surface area contributed by atoms with Crippen LogP contribution in [-0.4, -0.2) is 47.3 Å². The maximum atomic E-state index is 12.0. The second kappa shape index (κ2) is 4.10. The molecule has 1 unspecified atom stereocenters. The molecule has 1 N–H and O–H groups in total. The first-order chi connectivity index (χ1) is 6.90. The molecule has 0 spiro atoms. The van der Waals surface area contributed by atoms with E-state index < -0.39 is 11.2 Å². The average Bonchev–Trinajstić information content (AvgIpc) is 2.22. The molecular formula is C11H21NO3. The van der Waals surface area contributed by atoms with Crippen molar-refractivity contribution in [2.75, 3.05) is 20.2 Å². The molecule has 4 nitrogen and oxygen atoms in total. The second-order valence-corrected chi connectivity index (χ2v) is 4.53. The Morgan fingerprint density at radius 2 is 2.07 bits per heavy atom. The number of β-amino-alcohol motifs (C(OH)–C–C–N with tert-alkyl or cyclic N) is 1. The van der Waals surface area contributed by atoms with Gasteiger partial charge in [0.1, 0.15) is 5.60 Å². The minimum atomic E-state index is -0.741. The maximum absolute atomic E-state index is 12.0. The second-order valence-electron chi connectivity index (χ2n) is 4.53. The van der Waals surface area contributed by atoms with Crippen molar-refractivity contribution < 1.29 is 14.6 Å². The van der Waals surface area contributed by atoms with Gasteiger partial charge in [0, 0.05) is 7.11 Å². The van der Waals surface area contributed by atoms with Crippen molar-refractivity contribution in [3.8, 4) is 0 Å². The van der Waals surface area contributed by atoms with E-state index in [-0.39, 0.29) is 5.91 Å². The molecule has 0 aromatic heterocycles. The molecule has 1 rings (SSSR count). The van der Waals surface area contributed by atoms with Gasteiger partial charge in [0.15, 0.2) is 0 Å². The van der Waals surface area contributed by atoms with E-state index in [9.17, 15) is 9.90 Å². The third kappa shape index (κ3) is 2.16. The van der Waals surface area contributed by atoms with Crippen molar-refractivity contribution in [2.45, 2.75) is 44.8 Å². The van der Waals surface area contributed by atoms with E-state index in [1.807, 2.05) is 13.8 Å². The number of ether oxygens (including phenoxy) is 1. The van der Waals surface area contributed by atoms with Crippen LogP contribution in [0.5, 0.6) is 0 Å². The van der Waals surface area contributed by atoms with Crippen molar-refractivity contribution in [1.82, 2.24) is 4.90 Å². The van der Waals surface area contributed by atoms with Gasteiger partial charge in [-0.25, -0.2) is 0 Å². The third-order valence-corrected chi connectivity index (χ3v) is 3.49. The van der Waals surface area contributed by atoms with Gasteiger partial charge in [-0.05, 0) is 19.8 Å². The Bertz CT molecular complexity index is 242. The van der Waals surface area contributed by atoms with Crippen molar-refractivity contribution >= 4 is 5.91 Å². The van der Waals surface area contributed by atoms with Crippen LogP contribution in [0, 0.1) is 0 Å². The molecule has 0 aliphatic carbocycles. The molecule has 1 heterocycles. The third-order valence-electron chi connectivity index (χ3n) is 3.49. The molecule has 0 saturated carbocycles. The summed E-state index contributed by atoms with van der Waals surface area (Å²) in [5, 5.41) is 9.81. The van der Waals surface area contributed by atoms with Crippen molar-refractivity contribution in [2.24, 2.45) is 0 Å². The monoisotopic (exact) mass is 215 g/mol. The van der Waals surface area contributed by atoms with E-state index >= 15 is 0 Å². The van der Waals surface area contributed by atoms with E-state index in [1.165, 1.54) is 0 Å². The molecule has 1 fully saturated rings. The van der Waals surface area contributed by atoms with Crippen LogP contribution in [0.25, 0.3) is 0 Å². The molecule has 15 heavy (non-hydrogen) atoms. The van der Waals surface area contributed by atoms with Crippen molar-refractivity contribution in [3.63, 3.8) is 0 Å². The first kappa shape index (κ1) is 12.5. The van der Waals surface area contributed by atoms with Crippen LogP contribution in [0.1, 0.15) is 33.6 Å². The Hall–Kier alpha value is -0.610. The lowest BCUT2D eigenvalue weighted by Gasteiger charge is -2.48. The summed E-state index contributed by atoms with van der Waals surface area (Å²) in [6, 6.07) is 0. The minimum absolute atomic E-state index is 0.0226. The molecule has 0 radical (unpaired) electrons. The van der Waals surface area contributed by atoms with E-state index in [0.29, 0.717) is 25.9 Å². The van der Waals surface area contributed by atoms with Crippen LogP contribution < -0.4 is 0 Å². The number of carbonyl (C=O) groups is 1. The van der Waals surface area contributed by atoms with Gasteiger partial charge in [-0.3, -0.25) is 4.79 Å². The Morgan fingerprint density at radius 3 is 2.40 bits per heavy atom. The number of methoxy groups -OCH3 is 1. The van der Waals surface area contributed by atoms with Gasteiger partial charge < -0.3 is 14.7 Å². The smallest absolute Gasteiger partial charge is 0.254 e. The van der Waals surface area contributed by atoms with Gasteiger partial charge in [0.2, 0.25) is 0 Å². The fourth-order valence-electron chi connectivity index (χ4n) is 1.75. The van der Waals surface area contributed by atoms with Crippen LogP contribution in [0.3, 0.4) is 0 Å². The maximum Gasteiger partial charge on any atom is 0.254 e. The molecule has 0 aromatic carbocycles. The number of aliphatic hydroxyl groups is 1. The standard InChI is InChI=1S/C11H21NO3/c1-5-10(3,15-4)9(13)12-7-11(14,6-2)8-12/h14H,5-8H2,1-4H3. The van der Waals surface area contributed by atoms with Crippen molar-refractivity contribution in [1.29, 1.82) is 0 Å². The minimum Gasteiger partial charge on any atom is -0.386 e. The van der Waals surface area contributed by atoms with Gasteiger partial charge in [0.05, 0.1) is 18.7 Å². The van der Waals surface area contributed by atoms with Crippen LogP contribution in [0.15, 0.2) is 0 Å². The summed E-state index contributed by atoms with van der Waals surface area (Å²) in [7, 11) is 1.55. The quantitative estimate of drug-likeness (QED) is 0.754. The normalized spacial score (nSPS) is 23.1. The molecule has 1 amide bonds. The fourth-order valence-corrected chi connectivity index (χ4v) is 1.75. The number of carbonyl (C=O) groups excluding carboxylic acids is 1. The van der Waals surface area contributed by atoms with Gasteiger partial charge >= 0.3 is 0 Å². The number of hydrogen-bond donors (Lipinski definition) is 1. The molecule has 4 heteroatoms. The molecular weight excluding hydrogens is 194 g/mol. The van der Waals surface area contributed by atoms with E-state index in [2.05, 4.69) is 0 Å². The first-order valence-electron chi connectivity index (χ1n) is 5.47. The Balaban J connectivity index is 2.58. The van der Waals surface area contributed by atoms with E-state index in [0.717, 1.165) is 0 Å². The topological polar surface area (TPSA) is 49.8 Å². The summed E-state index contributed by atoms with van der Waals surface area (Å²) in [5.41, 5.74) is -1.41. The van der Waals surface area contributed by atoms with Crippen LogP contribution in [0.4, 0.5) is 0 Å². The molecule has 1 aliphatic rings. The molecule has 0 aromatic rings. The molecule has 0 bridgehead atoms. The number of rotatable bonds is 4. The van der Waals surface area contributed by atoms with Crippen LogP contribution >= 0.6 is 0 Å². The van der Waals surface area contributed by atoms with Gasteiger partial charge in [0.25, 0.3) is 5.91 Å². The lowest BCUT2D eigenvalue weighted by atomic mass is 9.88. The Morgan fingerprint density at radius 1 is 1.53 bits per heavy atom. The zero-order valence-electron chi connectivity index (χ0n) is 10.0. The zero-order chi connectivity index (χ0) is 11.7. The Kier molecular flexibility index (Phi) is 3.41. The summed E-state index contributed by atoms with van der Waals surface area (Å²) in [4.78, 5) is 13.7. The Labute approximate surface area is 91.2 Å². The average molecular weight is 215 g/mol. The van der Waals surface area contributed by atoms with E-state index in [4.69, 9.17) is 4.74 Å². The summed E-state index contributed by atoms with van der Waals surface area (Å²) < 4.78 is 5.23. The summed E-state index contributed by atoms with van der Waals surface area (Å²) >= 11 is 0.